The predicted octanol–water partition coefficient (Wildman–Crippen LogP) is 4.37. The van der Waals surface area contributed by atoms with E-state index in [0.29, 0.717) is 12.8 Å². The van der Waals surface area contributed by atoms with Crippen LogP contribution in [-0.2, 0) is 9.59 Å². The minimum atomic E-state index is -0.166. The van der Waals surface area contributed by atoms with Crippen molar-refractivity contribution in [1.82, 2.24) is 4.98 Å². The van der Waals surface area contributed by atoms with Gasteiger partial charge >= 0.3 is 0 Å². The van der Waals surface area contributed by atoms with Gasteiger partial charge in [0, 0.05) is 40.7 Å². The lowest BCUT2D eigenvalue weighted by Gasteiger charge is -2.38. The van der Waals surface area contributed by atoms with Gasteiger partial charge in [-0.3, -0.25) is 19.5 Å². The first-order valence-electron chi connectivity index (χ1n) is 8.40. The van der Waals surface area contributed by atoms with Gasteiger partial charge in [-0.25, -0.2) is 0 Å². The Labute approximate surface area is 154 Å². The summed E-state index contributed by atoms with van der Waals surface area (Å²) in [6, 6.07) is 11.6. The van der Waals surface area contributed by atoms with Gasteiger partial charge in [-0.1, -0.05) is 28.1 Å². The summed E-state index contributed by atoms with van der Waals surface area (Å²) in [6.07, 6.45) is 5.75. The zero-order chi connectivity index (χ0) is 17.4. The molecule has 2 aromatic rings. The van der Waals surface area contributed by atoms with Crippen molar-refractivity contribution in [2.45, 2.75) is 31.6 Å². The lowest BCUT2D eigenvalue weighted by molar-refractivity contribution is -0.119. The number of nitrogens with zero attached hydrogens (tertiary/aromatic N) is 2. The van der Waals surface area contributed by atoms with Crippen LogP contribution >= 0.6 is 15.9 Å². The van der Waals surface area contributed by atoms with Gasteiger partial charge < -0.3 is 0 Å². The van der Waals surface area contributed by atoms with E-state index in [1.807, 2.05) is 36.4 Å². The highest BCUT2D eigenvalue weighted by molar-refractivity contribution is 9.10. The van der Waals surface area contributed by atoms with E-state index < -0.39 is 0 Å². The molecule has 1 aliphatic heterocycles. The van der Waals surface area contributed by atoms with Crippen LogP contribution in [0.2, 0.25) is 0 Å². The third-order valence-electron chi connectivity index (χ3n) is 4.83. The Kier molecular flexibility index (Phi) is 4.25. The fraction of sp³-hybridized carbons (Fsp3) is 0.250. The van der Waals surface area contributed by atoms with Crippen LogP contribution in [0.15, 0.2) is 64.5 Å². The molecule has 0 spiro atoms. The summed E-state index contributed by atoms with van der Waals surface area (Å²) < 4.78 is 0.956. The molecule has 0 fully saturated rings. The minimum Gasteiger partial charge on any atom is -0.294 e. The first kappa shape index (κ1) is 16.2. The van der Waals surface area contributed by atoms with Gasteiger partial charge in [0.25, 0.3) is 0 Å². The molecule has 0 saturated heterocycles. The Morgan fingerprint density at radius 2 is 2.00 bits per heavy atom. The third-order valence-corrected chi connectivity index (χ3v) is 5.32. The van der Waals surface area contributed by atoms with Gasteiger partial charge in [-0.05, 0) is 42.7 Å². The lowest BCUT2D eigenvalue weighted by Crippen LogP contribution is -2.40. The molecule has 2 heterocycles. The molecule has 0 radical (unpaired) electrons. The second-order valence-corrected chi connectivity index (χ2v) is 7.30. The predicted molar refractivity (Wildman–Crippen MR) is 99.1 cm³/mol. The standard InChI is InChI=1S/C20H17BrN2O2/c21-14-5-1-4-13(10-14)16-11-19(25)23(15-6-3-9-22-12-15)17-7-2-8-18(24)20(16)17/h1,3-6,9-10,12,16H,2,7-8,11H2. The molecule has 4 rings (SSSR count). The van der Waals surface area contributed by atoms with E-state index in [2.05, 4.69) is 20.9 Å². The quantitative estimate of drug-likeness (QED) is 0.756. The molecular weight excluding hydrogens is 380 g/mol. The molecule has 1 atom stereocenters. The molecular formula is C20H17BrN2O2. The van der Waals surface area contributed by atoms with Gasteiger partial charge in [-0.2, -0.15) is 0 Å². The molecule has 0 N–H and O–H groups in total. The second-order valence-electron chi connectivity index (χ2n) is 6.39. The maximum Gasteiger partial charge on any atom is 0.232 e. The molecule has 2 aliphatic rings. The Hall–Kier alpha value is -2.27. The molecule has 1 unspecified atom stereocenters. The van der Waals surface area contributed by atoms with E-state index >= 15 is 0 Å². The van der Waals surface area contributed by atoms with Crippen molar-refractivity contribution in [3.8, 4) is 0 Å². The minimum absolute atomic E-state index is 0.0198. The fourth-order valence-electron chi connectivity index (χ4n) is 3.79. The molecule has 1 aliphatic carbocycles. The lowest BCUT2D eigenvalue weighted by atomic mass is 9.77. The van der Waals surface area contributed by atoms with E-state index in [9.17, 15) is 9.59 Å². The summed E-state index contributed by atoms with van der Waals surface area (Å²) >= 11 is 3.49. The average Bonchev–Trinajstić information content (AvgIpc) is 2.62. The van der Waals surface area contributed by atoms with Gasteiger partial charge in [0.15, 0.2) is 5.78 Å². The van der Waals surface area contributed by atoms with Gasteiger partial charge in [0.05, 0.1) is 11.9 Å². The largest absolute Gasteiger partial charge is 0.294 e. The third kappa shape index (κ3) is 2.93. The number of carbonyl (C=O) groups is 2. The molecule has 0 saturated carbocycles. The van der Waals surface area contributed by atoms with Crippen LogP contribution in [0.1, 0.15) is 37.2 Å². The number of anilines is 1. The second kappa shape index (κ2) is 6.56. The Morgan fingerprint density at radius 1 is 1.12 bits per heavy atom. The molecule has 25 heavy (non-hydrogen) atoms. The van der Waals surface area contributed by atoms with Crippen LogP contribution in [0.3, 0.4) is 0 Å². The van der Waals surface area contributed by atoms with Crippen molar-refractivity contribution in [3.05, 3.63) is 70.1 Å². The highest BCUT2D eigenvalue weighted by Crippen LogP contribution is 2.43. The summed E-state index contributed by atoms with van der Waals surface area (Å²) in [4.78, 5) is 31.6. The highest BCUT2D eigenvalue weighted by Gasteiger charge is 2.39. The van der Waals surface area contributed by atoms with E-state index in [4.69, 9.17) is 0 Å². The number of rotatable bonds is 2. The van der Waals surface area contributed by atoms with Crippen molar-refractivity contribution < 1.29 is 9.59 Å². The monoisotopic (exact) mass is 396 g/mol. The van der Waals surface area contributed by atoms with Crippen molar-refractivity contribution >= 4 is 33.3 Å². The van der Waals surface area contributed by atoms with E-state index in [1.165, 1.54) is 0 Å². The maximum atomic E-state index is 13.0. The van der Waals surface area contributed by atoms with Crippen LogP contribution in [0, 0.1) is 0 Å². The zero-order valence-corrected chi connectivity index (χ0v) is 15.2. The number of Topliss-reactive ketones (excluding diaryl/α,β-unsaturated/α-hetero) is 1. The van der Waals surface area contributed by atoms with E-state index in [1.54, 1.807) is 17.3 Å². The normalized spacial score (nSPS) is 20.7. The SMILES string of the molecule is O=C1CCCC2=C1C(c1cccc(Br)c1)CC(=O)N2c1cccnc1. The smallest absolute Gasteiger partial charge is 0.232 e. The number of benzene rings is 1. The summed E-state index contributed by atoms with van der Waals surface area (Å²) in [5.41, 5.74) is 3.40. The van der Waals surface area contributed by atoms with Crippen LogP contribution in [0.25, 0.3) is 0 Å². The van der Waals surface area contributed by atoms with E-state index in [-0.39, 0.29) is 17.6 Å². The van der Waals surface area contributed by atoms with Crippen LogP contribution in [-0.4, -0.2) is 16.7 Å². The molecule has 0 bridgehead atoms. The van der Waals surface area contributed by atoms with Gasteiger partial charge in [-0.15, -0.1) is 0 Å². The number of carbonyl (C=O) groups excluding carboxylic acids is 2. The molecule has 1 amide bonds. The number of allylic oxidation sites excluding steroid dienone is 2. The summed E-state index contributed by atoms with van der Waals surface area (Å²) in [5, 5.41) is 0. The number of ketones is 1. The summed E-state index contributed by atoms with van der Waals surface area (Å²) in [5.74, 6) is 0.0137. The number of amides is 1. The first-order chi connectivity index (χ1) is 12.1. The Bertz CT molecular complexity index is 876. The van der Waals surface area contributed by atoms with Crippen LogP contribution < -0.4 is 4.90 Å². The van der Waals surface area contributed by atoms with Crippen LogP contribution in [0.5, 0.6) is 0 Å². The van der Waals surface area contributed by atoms with Crippen molar-refractivity contribution in [1.29, 1.82) is 0 Å². The topological polar surface area (TPSA) is 50.3 Å². The Morgan fingerprint density at radius 3 is 2.76 bits per heavy atom. The maximum absolute atomic E-state index is 13.0. The molecule has 126 valence electrons. The molecule has 4 nitrogen and oxygen atoms in total. The highest BCUT2D eigenvalue weighted by atomic mass is 79.9. The van der Waals surface area contributed by atoms with Crippen LogP contribution in [0.4, 0.5) is 5.69 Å². The molecule has 5 heteroatoms. The number of pyridine rings is 1. The average molecular weight is 397 g/mol. The summed E-state index contributed by atoms with van der Waals surface area (Å²) in [6.45, 7) is 0. The Balaban J connectivity index is 1.87. The first-order valence-corrected chi connectivity index (χ1v) is 9.19. The zero-order valence-electron chi connectivity index (χ0n) is 13.6. The fourth-order valence-corrected chi connectivity index (χ4v) is 4.20. The van der Waals surface area contributed by atoms with Crippen molar-refractivity contribution in [2.24, 2.45) is 0 Å². The number of halogens is 1. The van der Waals surface area contributed by atoms with E-state index in [0.717, 1.165) is 39.8 Å². The number of aromatic nitrogens is 1. The van der Waals surface area contributed by atoms with Crippen molar-refractivity contribution in [2.75, 3.05) is 4.90 Å². The van der Waals surface area contributed by atoms with Gasteiger partial charge in [0.1, 0.15) is 0 Å². The summed E-state index contributed by atoms with van der Waals surface area (Å²) in [7, 11) is 0. The van der Waals surface area contributed by atoms with Crippen molar-refractivity contribution in [3.63, 3.8) is 0 Å². The number of hydrogen-bond donors (Lipinski definition) is 0. The van der Waals surface area contributed by atoms with Gasteiger partial charge in [0.2, 0.25) is 5.91 Å². The molecule has 1 aromatic heterocycles. The molecule has 1 aromatic carbocycles. The number of hydrogen-bond acceptors (Lipinski definition) is 3.